The van der Waals surface area contributed by atoms with Crippen LogP contribution in [0.15, 0.2) is 71.3 Å². The van der Waals surface area contributed by atoms with Crippen molar-refractivity contribution in [1.29, 1.82) is 0 Å². The molecular weight excluding hydrogens is 493 g/mol. The highest BCUT2D eigenvalue weighted by molar-refractivity contribution is 5.91. The minimum atomic E-state index is -0.859. The highest BCUT2D eigenvalue weighted by Gasteiger charge is 2.50. The fraction of sp³-hybridized carbons (Fsp3) is 0.296. The number of carbonyl (C=O) groups excluding carboxylic acids is 3. The van der Waals surface area contributed by atoms with Gasteiger partial charge in [0, 0.05) is 20.0 Å². The Labute approximate surface area is 218 Å². The summed E-state index contributed by atoms with van der Waals surface area (Å²) in [6.45, 7) is 0.352. The van der Waals surface area contributed by atoms with Crippen LogP contribution in [0.4, 0.5) is 9.18 Å². The molecule has 11 heteroatoms. The number of benzene rings is 2. The van der Waals surface area contributed by atoms with E-state index < -0.39 is 18.2 Å². The Morgan fingerprint density at radius 2 is 1.79 bits per heavy atom. The molecule has 0 radical (unpaired) electrons. The van der Waals surface area contributed by atoms with E-state index in [4.69, 9.17) is 4.42 Å². The van der Waals surface area contributed by atoms with Crippen LogP contribution in [0.2, 0.25) is 0 Å². The zero-order valence-corrected chi connectivity index (χ0v) is 20.8. The number of phenolic OH excluding ortho intramolecular Hbond substituents is 1. The number of hydrogen-bond acceptors (Lipinski definition) is 6. The Morgan fingerprint density at radius 3 is 2.47 bits per heavy atom. The maximum absolute atomic E-state index is 13.7. The van der Waals surface area contributed by atoms with Gasteiger partial charge in [-0.25, -0.2) is 19.2 Å². The molecule has 0 saturated carbocycles. The van der Waals surface area contributed by atoms with E-state index in [2.05, 4.69) is 5.32 Å². The molecule has 2 atom stereocenters. The van der Waals surface area contributed by atoms with Gasteiger partial charge in [0.15, 0.2) is 0 Å². The predicted octanol–water partition coefficient (Wildman–Crippen LogP) is 2.30. The summed E-state index contributed by atoms with van der Waals surface area (Å²) < 4.78 is 18.7. The summed E-state index contributed by atoms with van der Waals surface area (Å²) in [5.41, 5.74) is 1.48. The Morgan fingerprint density at radius 1 is 1.08 bits per heavy atom. The van der Waals surface area contributed by atoms with Gasteiger partial charge in [-0.3, -0.25) is 9.59 Å². The van der Waals surface area contributed by atoms with Crippen molar-refractivity contribution in [2.75, 3.05) is 20.1 Å². The summed E-state index contributed by atoms with van der Waals surface area (Å²) in [6.07, 6.45) is 0.978. The second-order valence-electron chi connectivity index (χ2n) is 9.41. The molecule has 198 valence electrons. The van der Waals surface area contributed by atoms with E-state index >= 15 is 0 Å². The zero-order chi connectivity index (χ0) is 26.8. The number of piperazine rings is 1. The topological polar surface area (TPSA) is 110 Å². The number of fused-ring (bicyclic) bond motifs is 1. The van der Waals surface area contributed by atoms with Gasteiger partial charge in [0.25, 0.3) is 0 Å². The summed E-state index contributed by atoms with van der Waals surface area (Å²) in [5.74, 6) is -0.211. The largest absolute Gasteiger partial charge is 0.508 e. The molecule has 0 aliphatic carbocycles. The van der Waals surface area contributed by atoms with Crippen molar-refractivity contribution in [1.82, 2.24) is 25.1 Å². The average Bonchev–Trinajstić information content (AvgIpc) is 3.40. The summed E-state index contributed by atoms with van der Waals surface area (Å²) in [4.78, 5) is 43.5. The van der Waals surface area contributed by atoms with E-state index in [9.17, 15) is 23.9 Å². The van der Waals surface area contributed by atoms with Crippen LogP contribution in [-0.4, -0.2) is 75.1 Å². The number of likely N-dealkylation sites (N-methyl/N-ethyl adjacent to an activating group) is 1. The summed E-state index contributed by atoms with van der Waals surface area (Å²) in [5, 5.41) is 15.5. The van der Waals surface area contributed by atoms with Crippen LogP contribution in [0.25, 0.3) is 0 Å². The lowest BCUT2D eigenvalue weighted by atomic mass is 9.98. The van der Waals surface area contributed by atoms with Crippen LogP contribution < -0.4 is 5.32 Å². The second kappa shape index (κ2) is 10.5. The van der Waals surface area contributed by atoms with Crippen molar-refractivity contribution in [2.24, 2.45) is 0 Å². The number of rotatable bonds is 6. The normalized spacial score (nSPS) is 20.0. The molecule has 3 heterocycles. The predicted molar refractivity (Wildman–Crippen MR) is 133 cm³/mol. The van der Waals surface area contributed by atoms with E-state index in [1.165, 1.54) is 40.4 Å². The molecule has 2 aliphatic rings. The molecule has 0 bridgehead atoms. The first-order chi connectivity index (χ1) is 18.3. The Balaban J connectivity index is 1.43. The maximum Gasteiger partial charge on any atom is 0.334 e. The van der Waals surface area contributed by atoms with Crippen molar-refractivity contribution < 1.29 is 28.3 Å². The molecule has 1 aromatic heterocycles. The van der Waals surface area contributed by atoms with Gasteiger partial charge < -0.3 is 24.6 Å². The lowest BCUT2D eigenvalue weighted by Gasteiger charge is -2.54. The molecule has 10 nitrogen and oxygen atoms in total. The molecule has 38 heavy (non-hydrogen) atoms. The number of amides is 4. The third kappa shape index (κ3) is 5.18. The van der Waals surface area contributed by atoms with E-state index in [1.54, 1.807) is 53.4 Å². The zero-order valence-electron chi connectivity index (χ0n) is 20.8. The molecule has 3 aromatic rings. The third-order valence-electron chi connectivity index (χ3n) is 6.80. The molecule has 2 aliphatic heterocycles. The average molecular weight is 522 g/mol. The fourth-order valence-electron chi connectivity index (χ4n) is 4.95. The molecule has 5 rings (SSSR count). The molecule has 2 fully saturated rings. The van der Waals surface area contributed by atoms with Crippen LogP contribution in [0, 0.1) is 5.82 Å². The smallest absolute Gasteiger partial charge is 0.334 e. The number of urea groups is 1. The summed E-state index contributed by atoms with van der Waals surface area (Å²) in [7, 11) is 1.65. The van der Waals surface area contributed by atoms with Gasteiger partial charge in [-0.15, -0.1) is 0 Å². The van der Waals surface area contributed by atoms with Crippen LogP contribution >= 0.6 is 0 Å². The first kappa shape index (κ1) is 25.3. The highest BCUT2D eigenvalue weighted by atomic mass is 19.1. The number of hydrogen-bond donors (Lipinski definition) is 2. The molecule has 2 aromatic carbocycles. The summed E-state index contributed by atoms with van der Waals surface area (Å²) >= 11 is 0. The molecule has 2 saturated heterocycles. The minimum absolute atomic E-state index is 0.0853. The standard InChI is InChI=1S/C27H28FN5O5/c1-30-17-25(35)32-23(13-18-6-10-21(34)11-7-18)26(36)31(15-22-3-2-12-38-22)16-24(32)33(30)27(37)29-14-19-4-8-20(28)9-5-19/h2-12,23-24,34H,13-17H2,1H3,(H,29,37)/t23-,24-/m0/s1. The Bertz CT molecular complexity index is 1300. The van der Waals surface area contributed by atoms with Crippen LogP contribution in [-0.2, 0) is 29.1 Å². The number of furan rings is 1. The molecule has 0 spiro atoms. The first-order valence-electron chi connectivity index (χ1n) is 12.2. The monoisotopic (exact) mass is 521 g/mol. The van der Waals surface area contributed by atoms with Crippen LogP contribution in [0.5, 0.6) is 5.75 Å². The molecule has 4 amide bonds. The number of hydrazine groups is 1. The molecule has 0 unspecified atom stereocenters. The SMILES string of the molecule is CN1CC(=O)N2[C@@H](Cc3ccc(O)cc3)C(=O)N(Cc3ccco3)C[C@@H]2N1C(=O)NCc1ccc(F)cc1. The van der Waals surface area contributed by atoms with Crippen molar-refractivity contribution in [3.05, 3.63) is 89.6 Å². The number of phenols is 1. The quantitative estimate of drug-likeness (QED) is 0.515. The van der Waals surface area contributed by atoms with E-state index in [0.717, 1.165) is 11.1 Å². The summed E-state index contributed by atoms with van der Waals surface area (Å²) in [6, 6.07) is 14.5. The number of aromatic hydroxyl groups is 1. The van der Waals surface area contributed by atoms with Crippen LogP contribution in [0.1, 0.15) is 16.9 Å². The van der Waals surface area contributed by atoms with E-state index in [-0.39, 0.29) is 56.0 Å². The Hall–Kier alpha value is -4.38. The second-order valence-corrected chi connectivity index (χ2v) is 9.41. The van der Waals surface area contributed by atoms with Crippen LogP contribution in [0.3, 0.4) is 0 Å². The van der Waals surface area contributed by atoms with E-state index in [1.807, 2.05) is 0 Å². The van der Waals surface area contributed by atoms with E-state index in [0.29, 0.717) is 5.76 Å². The lowest BCUT2D eigenvalue weighted by Crippen LogP contribution is -2.76. The van der Waals surface area contributed by atoms with Crippen molar-refractivity contribution in [2.45, 2.75) is 31.7 Å². The third-order valence-corrected chi connectivity index (χ3v) is 6.80. The minimum Gasteiger partial charge on any atom is -0.508 e. The number of nitrogens with zero attached hydrogens (tertiary/aromatic N) is 4. The van der Waals surface area contributed by atoms with Crippen molar-refractivity contribution in [3.63, 3.8) is 0 Å². The first-order valence-corrected chi connectivity index (χ1v) is 12.2. The number of halogens is 1. The lowest BCUT2D eigenvalue weighted by molar-refractivity contribution is -0.187. The molecule has 2 N–H and O–H groups in total. The van der Waals surface area contributed by atoms with Gasteiger partial charge in [-0.2, -0.15) is 0 Å². The van der Waals surface area contributed by atoms with Gasteiger partial charge >= 0.3 is 6.03 Å². The maximum atomic E-state index is 13.7. The van der Waals surface area contributed by atoms with Crippen molar-refractivity contribution >= 4 is 17.8 Å². The number of carbonyl (C=O) groups is 3. The van der Waals surface area contributed by atoms with Gasteiger partial charge in [0.1, 0.15) is 29.5 Å². The van der Waals surface area contributed by atoms with Gasteiger partial charge in [-0.05, 0) is 47.5 Å². The Kier molecular flexibility index (Phi) is 7.01. The highest BCUT2D eigenvalue weighted by Crippen LogP contribution is 2.29. The number of nitrogens with one attached hydrogen (secondary N) is 1. The van der Waals surface area contributed by atoms with Crippen molar-refractivity contribution in [3.8, 4) is 5.75 Å². The van der Waals surface area contributed by atoms with Gasteiger partial charge in [0.05, 0.1) is 25.9 Å². The van der Waals surface area contributed by atoms with Gasteiger partial charge in [-0.1, -0.05) is 24.3 Å². The fourth-order valence-corrected chi connectivity index (χ4v) is 4.95. The molecular formula is C27H28FN5O5. The van der Waals surface area contributed by atoms with Gasteiger partial charge in [0.2, 0.25) is 11.8 Å².